The molecule has 0 aliphatic heterocycles. The Labute approximate surface area is 115 Å². The van der Waals surface area contributed by atoms with Crippen LogP contribution in [-0.4, -0.2) is 41.1 Å². The normalized spacial score (nSPS) is 12.7. The number of carbonyl (C=O) groups is 1. The summed E-state index contributed by atoms with van der Waals surface area (Å²) >= 11 is 0. The van der Waals surface area contributed by atoms with Gasteiger partial charge in [-0.25, -0.2) is 0 Å². The zero-order valence-electron chi connectivity index (χ0n) is 12.0. The van der Waals surface area contributed by atoms with Crippen molar-refractivity contribution in [2.24, 2.45) is 0 Å². The van der Waals surface area contributed by atoms with Gasteiger partial charge < -0.3 is 10.4 Å². The molecule has 0 aliphatic carbocycles. The molecule has 0 saturated carbocycles. The van der Waals surface area contributed by atoms with Crippen LogP contribution in [0.4, 0.5) is 0 Å². The van der Waals surface area contributed by atoms with Crippen molar-refractivity contribution in [1.29, 1.82) is 0 Å². The number of benzene rings is 1. The maximum absolute atomic E-state index is 11.9. The fourth-order valence-corrected chi connectivity index (χ4v) is 1.83. The molecule has 0 radical (unpaired) electrons. The second-order valence-corrected chi connectivity index (χ2v) is 5.13. The van der Waals surface area contributed by atoms with Crippen molar-refractivity contribution in [3.8, 4) is 0 Å². The maximum Gasteiger partial charge on any atom is 0.234 e. The van der Waals surface area contributed by atoms with Crippen LogP contribution in [0.3, 0.4) is 0 Å². The summed E-state index contributed by atoms with van der Waals surface area (Å²) in [4.78, 5) is 13.8. The summed E-state index contributed by atoms with van der Waals surface area (Å²) in [6.07, 6.45) is -0.427. The molecule has 0 bridgehead atoms. The molecule has 1 atom stereocenters. The summed E-state index contributed by atoms with van der Waals surface area (Å²) in [6.45, 7) is 7.14. The summed E-state index contributed by atoms with van der Waals surface area (Å²) in [5.74, 6) is -0.0156. The van der Waals surface area contributed by atoms with Crippen LogP contribution in [0.1, 0.15) is 26.3 Å². The SMILES string of the molecule is CC(O)CN(CC(=O)NCc1ccccc1)C(C)C. The molecule has 1 rings (SSSR count). The summed E-state index contributed by atoms with van der Waals surface area (Å²) < 4.78 is 0. The van der Waals surface area contributed by atoms with Crippen molar-refractivity contribution in [2.75, 3.05) is 13.1 Å². The molecule has 106 valence electrons. The van der Waals surface area contributed by atoms with Gasteiger partial charge in [-0.1, -0.05) is 30.3 Å². The predicted molar refractivity (Wildman–Crippen MR) is 76.7 cm³/mol. The van der Waals surface area contributed by atoms with Gasteiger partial charge in [0, 0.05) is 19.1 Å². The molecule has 0 aliphatic rings. The minimum Gasteiger partial charge on any atom is -0.392 e. The van der Waals surface area contributed by atoms with E-state index in [-0.39, 0.29) is 11.9 Å². The number of amides is 1. The Morgan fingerprint density at radius 2 is 1.89 bits per heavy atom. The smallest absolute Gasteiger partial charge is 0.234 e. The fraction of sp³-hybridized carbons (Fsp3) is 0.533. The summed E-state index contributed by atoms with van der Waals surface area (Å²) in [5, 5.41) is 12.3. The Balaban J connectivity index is 2.40. The van der Waals surface area contributed by atoms with Crippen LogP contribution in [0.5, 0.6) is 0 Å². The third-order valence-electron chi connectivity index (χ3n) is 2.91. The molecule has 1 unspecified atom stereocenters. The highest BCUT2D eigenvalue weighted by Gasteiger charge is 2.15. The lowest BCUT2D eigenvalue weighted by atomic mass is 10.2. The third kappa shape index (κ3) is 6.36. The Morgan fingerprint density at radius 3 is 2.42 bits per heavy atom. The summed E-state index contributed by atoms with van der Waals surface area (Å²) in [5.41, 5.74) is 1.09. The lowest BCUT2D eigenvalue weighted by Gasteiger charge is -2.26. The van der Waals surface area contributed by atoms with Gasteiger partial charge in [-0.3, -0.25) is 9.69 Å². The van der Waals surface area contributed by atoms with Gasteiger partial charge in [0.05, 0.1) is 12.6 Å². The van der Waals surface area contributed by atoms with Gasteiger partial charge in [0.1, 0.15) is 0 Å². The number of nitrogens with zero attached hydrogens (tertiary/aromatic N) is 1. The molecule has 2 N–H and O–H groups in total. The molecular formula is C15H24N2O2. The number of aliphatic hydroxyl groups is 1. The standard InChI is InChI=1S/C15H24N2O2/c1-12(2)17(10-13(3)18)11-15(19)16-9-14-7-5-4-6-8-14/h4-8,12-13,18H,9-11H2,1-3H3,(H,16,19). The van der Waals surface area contributed by atoms with E-state index < -0.39 is 6.10 Å². The van der Waals surface area contributed by atoms with Crippen LogP contribution < -0.4 is 5.32 Å². The number of rotatable bonds is 7. The largest absolute Gasteiger partial charge is 0.392 e. The Hall–Kier alpha value is -1.39. The van der Waals surface area contributed by atoms with Crippen molar-refractivity contribution in [3.63, 3.8) is 0 Å². The van der Waals surface area contributed by atoms with Gasteiger partial charge in [-0.2, -0.15) is 0 Å². The minimum atomic E-state index is -0.427. The molecule has 0 spiro atoms. The van der Waals surface area contributed by atoms with Crippen LogP contribution in [0, 0.1) is 0 Å². The van der Waals surface area contributed by atoms with Gasteiger partial charge in [0.15, 0.2) is 0 Å². The van der Waals surface area contributed by atoms with Crippen LogP contribution in [-0.2, 0) is 11.3 Å². The van der Waals surface area contributed by atoms with Crippen molar-refractivity contribution in [1.82, 2.24) is 10.2 Å². The molecule has 0 aromatic heterocycles. The van der Waals surface area contributed by atoms with E-state index in [2.05, 4.69) is 5.32 Å². The second kappa shape index (κ2) is 7.92. The lowest BCUT2D eigenvalue weighted by Crippen LogP contribution is -2.43. The van der Waals surface area contributed by atoms with Crippen molar-refractivity contribution < 1.29 is 9.90 Å². The van der Waals surface area contributed by atoms with Crippen LogP contribution >= 0.6 is 0 Å². The molecule has 4 nitrogen and oxygen atoms in total. The highest BCUT2D eigenvalue weighted by molar-refractivity contribution is 5.78. The van der Waals surface area contributed by atoms with E-state index in [1.807, 2.05) is 49.1 Å². The van der Waals surface area contributed by atoms with Crippen molar-refractivity contribution in [3.05, 3.63) is 35.9 Å². The molecule has 0 saturated heterocycles. The highest BCUT2D eigenvalue weighted by Crippen LogP contribution is 2.01. The van der Waals surface area contributed by atoms with Gasteiger partial charge in [-0.15, -0.1) is 0 Å². The van der Waals surface area contributed by atoms with E-state index in [1.54, 1.807) is 6.92 Å². The molecule has 4 heteroatoms. The van der Waals surface area contributed by atoms with Crippen LogP contribution in [0.2, 0.25) is 0 Å². The molecule has 19 heavy (non-hydrogen) atoms. The summed E-state index contributed by atoms with van der Waals surface area (Å²) in [7, 11) is 0. The Kier molecular flexibility index (Phi) is 6.53. The second-order valence-electron chi connectivity index (χ2n) is 5.13. The first kappa shape index (κ1) is 15.7. The van der Waals surface area contributed by atoms with Crippen molar-refractivity contribution in [2.45, 2.75) is 39.5 Å². The van der Waals surface area contributed by atoms with Crippen LogP contribution in [0.25, 0.3) is 0 Å². The maximum atomic E-state index is 11.9. The summed E-state index contributed by atoms with van der Waals surface area (Å²) in [6, 6.07) is 10.1. The minimum absolute atomic E-state index is 0.0156. The number of carbonyl (C=O) groups excluding carboxylic acids is 1. The van der Waals surface area contributed by atoms with E-state index in [0.29, 0.717) is 19.6 Å². The Bertz CT molecular complexity index is 377. The molecule has 0 heterocycles. The highest BCUT2D eigenvalue weighted by atomic mass is 16.3. The van der Waals surface area contributed by atoms with Gasteiger partial charge in [-0.05, 0) is 26.3 Å². The first-order valence-electron chi connectivity index (χ1n) is 6.71. The lowest BCUT2D eigenvalue weighted by molar-refractivity contribution is -0.123. The molecule has 1 amide bonds. The van der Waals surface area contributed by atoms with E-state index in [4.69, 9.17) is 0 Å². The van der Waals surface area contributed by atoms with E-state index in [1.165, 1.54) is 0 Å². The molecule has 1 aromatic rings. The average molecular weight is 264 g/mol. The number of hydrogen-bond donors (Lipinski definition) is 2. The first-order chi connectivity index (χ1) is 8.99. The van der Waals surface area contributed by atoms with Crippen molar-refractivity contribution >= 4 is 5.91 Å². The van der Waals surface area contributed by atoms with E-state index in [9.17, 15) is 9.90 Å². The number of aliphatic hydroxyl groups excluding tert-OH is 1. The van der Waals surface area contributed by atoms with Crippen LogP contribution in [0.15, 0.2) is 30.3 Å². The number of hydrogen-bond acceptors (Lipinski definition) is 3. The molecule has 0 fully saturated rings. The Morgan fingerprint density at radius 1 is 1.26 bits per heavy atom. The monoisotopic (exact) mass is 264 g/mol. The fourth-order valence-electron chi connectivity index (χ4n) is 1.83. The quantitative estimate of drug-likeness (QED) is 0.782. The van der Waals surface area contributed by atoms with E-state index in [0.717, 1.165) is 5.56 Å². The predicted octanol–water partition coefficient (Wildman–Crippen LogP) is 1.39. The van der Waals surface area contributed by atoms with Gasteiger partial charge in [0.2, 0.25) is 5.91 Å². The van der Waals surface area contributed by atoms with Gasteiger partial charge in [0.25, 0.3) is 0 Å². The topological polar surface area (TPSA) is 52.6 Å². The average Bonchev–Trinajstić information content (AvgIpc) is 2.36. The third-order valence-corrected chi connectivity index (χ3v) is 2.91. The zero-order valence-corrected chi connectivity index (χ0v) is 12.0. The first-order valence-corrected chi connectivity index (χ1v) is 6.71. The van der Waals surface area contributed by atoms with Gasteiger partial charge >= 0.3 is 0 Å². The molecule has 1 aromatic carbocycles. The van der Waals surface area contributed by atoms with E-state index >= 15 is 0 Å². The molecular weight excluding hydrogens is 240 g/mol. The number of nitrogens with one attached hydrogen (secondary N) is 1. The zero-order chi connectivity index (χ0) is 14.3.